The van der Waals surface area contributed by atoms with Crippen LogP contribution in [-0.2, 0) is 6.42 Å². The largest absolute Gasteiger partial charge is 0.396 e. The fourth-order valence-electron chi connectivity index (χ4n) is 1.86. The lowest BCUT2D eigenvalue weighted by molar-refractivity contribution is 0.288. The van der Waals surface area contributed by atoms with Gasteiger partial charge in [-0.05, 0) is 42.2 Å². The van der Waals surface area contributed by atoms with Crippen LogP contribution in [0.3, 0.4) is 0 Å². The molecule has 1 nitrogen and oxygen atoms in total. The maximum absolute atomic E-state index is 13.7. The highest BCUT2D eigenvalue weighted by molar-refractivity contribution is 6.30. The quantitative estimate of drug-likeness (QED) is 0.883. The third kappa shape index (κ3) is 3.09. The van der Waals surface area contributed by atoms with Crippen LogP contribution in [-0.4, -0.2) is 11.7 Å². The van der Waals surface area contributed by atoms with E-state index in [4.69, 9.17) is 16.7 Å². The molecule has 2 aromatic rings. The first kappa shape index (κ1) is 13.1. The Morgan fingerprint density at radius 2 is 1.78 bits per heavy atom. The molecule has 2 rings (SSSR count). The summed E-state index contributed by atoms with van der Waals surface area (Å²) in [5.74, 6) is -0.314. The number of hydrogen-bond donors (Lipinski definition) is 1. The van der Waals surface area contributed by atoms with E-state index < -0.39 is 0 Å². The molecule has 3 heteroatoms. The topological polar surface area (TPSA) is 20.2 Å². The second kappa shape index (κ2) is 5.98. The Kier molecular flexibility index (Phi) is 4.34. The minimum absolute atomic E-state index is 0.188. The summed E-state index contributed by atoms with van der Waals surface area (Å²) in [4.78, 5) is 0. The van der Waals surface area contributed by atoms with Crippen LogP contribution in [0.4, 0.5) is 4.39 Å². The Bertz CT molecular complexity index is 523. The van der Waals surface area contributed by atoms with E-state index in [2.05, 4.69) is 0 Å². The molecule has 0 saturated carbocycles. The Labute approximate surface area is 111 Å². The average molecular weight is 265 g/mol. The van der Waals surface area contributed by atoms with Crippen LogP contribution >= 0.6 is 11.6 Å². The van der Waals surface area contributed by atoms with Gasteiger partial charge in [-0.3, -0.25) is 0 Å². The fraction of sp³-hybridized carbons (Fsp3) is 0.200. The van der Waals surface area contributed by atoms with Crippen LogP contribution in [0.15, 0.2) is 42.5 Å². The van der Waals surface area contributed by atoms with E-state index in [1.54, 1.807) is 12.1 Å². The van der Waals surface area contributed by atoms with E-state index in [9.17, 15) is 4.39 Å². The molecule has 1 N–H and O–H groups in total. The van der Waals surface area contributed by atoms with E-state index in [0.717, 1.165) is 24.0 Å². The lowest BCUT2D eigenvalue weighted by Crippen LogP contribution is -1.90. The predicted molar refractivity (Wildman–Crippen MR) is 72.3 cm³/mol. The summed E-state index contributed by atoms with van der Waals surface area (Å²) in [6.07, 6.45) is 1.58. The number of benzene rings is 2. The van der Waals surface area contributed by atoms with Crippen molar-refractivity contribution in [1.82, 2.24) is 0 Å². The molecule has 0 radical (unpaired) electrons. The molecule has 0 aliphatic carbocycles. The van der Waals surface area contributed by atoms with Gasteiger partial charge < -0.3 is 5.11 Å². The van der Waals surface area contributed by atoms with Crippen molar-refractivity contribution in [2.24, 2.45) is 0 Å². The molecule has 2 aromatic carbocycles. The van der Waals surface area contributed by atoms with Gasteiger partial charge in [-0.1, -0.05) is 35.9 Å². The van der Waals surface area contributed by atoms with Crippen LogP contribution in [0.2, 0.25) is 5.02 Å². The summed E-state index contributed by atoms with van der Waals surface area (Å²) >= 11 is 5.72. The van der Waals surface area contributed by atoms with Crippen LogP contribution in [0.25, 0.3) is 11.1 Å². The predicted octanol–water partition coefficient (Wildman–Crippen LogP) is 4.07. The minimum Gasteiger partial charge on any atom is -0.396 e. The van der Waals surface area contributed by atoms with E-state index in [1.165, 1.54) is 6.07 Å². The molecule has 0 heterocycles. The molecule has 0 atom stereocenters. The average Bonchev–Trinajstić information content (AvgIpc) is 2.37. The van der Waals surface area contributed by atoms with Gasteiger partial charge in [-0.25, -0.2) is 4.39 Å². The van der Waals surface area contributed by atoms with E-state index >= 15 is 0 Å². The van der Waals surface area contributed by atoms with Gasteiger partial charge >= 0.3 is 0 Å². The highest BCUT2D eigenvalue weighted by Gasteiger charge is 2.05. The molecule has 0 saturated heterocycles. The molecule has 0 aliphatic heterocycles. The van der Waals surface area contributed by atoms with E-state index in [-0.39, 0.29) is 12.4 Å². The Hall–Kier alpha value is -1.38. The summed E-state index contributed by atoms with van der Waals surface area (Å²) in [5, 5.41) is 9.16. The second-order valence-corrected chi connectivity index (χ2v) is 4.58. The third-order valence-corrected chi connectivity index (χ3v) is 3.05. The van der Waals surface area contributed by atoms with Gasteiger partial charge in [0, 0.05) is 17.2 Å². The molecular formula is C15H14ClFO. The smallest absolute Gasteiger partial charge is 0.132 e. The number of halogens is 2. The SMILES string of the molecule is OCCCc1ccc(-c2ccc(Cl)cc2F)cc1. The normalized spacial score (nSPS) is 10.6. The molecule has 0 spiro atoms. The number of aliphatic hydroxyl groups excluding tert-OH is 1. The van der Waals surface area contributed by atoms with Crippen molar-refractivity contribution in [2.45, 2.75) is 12.8 Å². The van der Waals surface area contributed by atoms with Crippen molar-refractivity contribution in [3.63, 3.8) is 0 Å². The van der Waals surface area contributed by atoms with E-state index in [0.29, 0.717) is 10.6 Å². The van der Waals surface area contributed by atoms with Gasteiger partial charge in [0.15, 0.2) is 0 Å². The number of hydrogen-bond acceptors (Lipinski definition) is 1. The molecule has 18 heavy (non-hydrogen) atoms. The first-order valence-electron chi connectivity index (χ1n) is 5.86. The summed E-state index contributed by atoms with van der Waals surface area (Å²) in [6.45, 7) is 0.188. The van der Waals surface area contributed by atoms with Crippen molar-refractivity contribution in [1.29, 1.82) is 0 Å². The first-order chi connectivity index (χ1) is 8.70. The van der Waals surface area contributed by atoms with Crippen molar-refractivity contribution >= 4 is 11.6 Å². The maximum atomic E-state index is 13.7. The zero-order valence-corrected chi connectivity index (χ0v) is 10.6. The molecule has 0 aromatic heterocycles. The lowest BCUT2D eigenvalue weighted by atomic mass is 10.0. The van der Waals surface area contributed by atoms with Crippen molar-refractivity contribution in [3.8, 4) is 11.1 Å². The number of aryl methyl sites for hydroxylation is 1. The third-order valence-electron chi connectivity index (χ3n) is 2.82. The molecule has 94 valence electrons. The molecule has 0 amide bonds. The minimum atomic E-state index is -0.314. The maximum Gasteiger partial charge on any atom is 0.132 e. The summed E-state index contributed by atoms with van der Waals surface area (Å²) < 4.78 is 13.7. The second-order valence-electron chi connectivity index (χ2n) is 4.15. The van der Waals surface area contributed by atoms with E-state index in [1.807, 2.05) is 24.3 Å². The van der Waals surface area contributed by atoms with Gasteiger partial charge in [0.1, 0.15) is 5.82 Å². The Balaban J connectivity index is 2.23. The summed E-state index contributed by atoms with van der Waals surface area (Å²) in [7, 11) is 0. The summed E-state index contributed by atoms with van der Waals surface area (Å²) in [6, 6.07) is 12.4. The molecule has 0 fully saturated rings. The zero-order valence-electron chi connectivity index (χ0n) is 9.87. The number of rotatable bonds is 4. The monoisotopic (exact) mass is 264 g/mol. The molecular weight excluding hydrogens is 251 g/mol. The molecule has 0 unspecified atom stereocenters. The van der Waals surface area contributed by atoms with Crippen molar-refractivity contribution in [3.05, 3.63) is 58.9 Å². The van der Waals surface area contributed by atoms with Crippen LogP contribution < -0.4 is 0 Å². The lowest BCUT2D eigenvalue weighted by Gasteiger charge is -2.05. The first-order valence-corrected chi connectivity index (χ1v) is 6.24. The van der Waals surface area contributed by atoms with Crippen molar-refractivity contribution < 1.29 is 9.50 Å². The molecule has 0 aliphatic rings. The van der Waals surface area contributed by atoms with Gasteiger partial charge in [-0.2, -0.15) is 0 Å². The highest BCUT2D eigenvalue weighted by Crippen LogP contribution is 2.25. The van der Waals surface area contributed by atoms with Gasteiger partial charge in [0.25, 0.3) is 0 Å². The highest BCUT2D eigenvalue weighted by atomic mass is 35.5. The van der Waals surface area contributed by atoms with Gasteiger partial charge in [-0.15, -0.1) is 0 Å². The molecule has 0 bridgehead atoms. The Morgan fingerprint density at radius 1 is 1.06 bits per heavy atom. The standard InChI is InChI=1S/C15H14ClFO/c16-13-7-8-14(15(17)10-13)12-5-3-11(4-6-12)2-1-9-18/h3-8,10,18H,1-2,9H2. The van der Waals surface area contributed by atoms with Gasteiger partial charge in [0.05, 0.1) is 0 Å². The Morgan fingerprint density at radius 3 is 2.39 bits per heavy atom. The zero-order chi connectivity index (χ0) is 13.0. The van der Waals surface area contributed by atoms with Gasteiger partial charge in [0.2, 0.25) is 0 Å². The summed E-state index contributed by atoms with van der Waals surface area (Å²) in [5.41, 5.74) is 2.52. The van der Waals surface area contributed by atoms with Crippen LogP contribution in [0.1, 0.15) is 12.0 Å². The fourth-order valence-corrected chi connectivity index (χ4v) is 2.02. The van der Waals surface area contributed by atoms with Crippen LogP contribution in [0.5, 0.6) is 0 Å². The number of aliphatic hydroxyl groups is 1. The van der Waals surface area contributed by atoms with Crippen molar-refractivity contribution in [2.75, 3.05) is 6.61 Å². The van der Waals surface area contributed by atoms with Crippen LogP contribution in [0, 0.1) is 5.82 Å².